The van der Waals surface area contributed by atoms with Crippen molar-refractivity contribution in [3.8, 4) is 5.75 Å². The zero-order valence-corrected chi connectivity index (χ0v) is 20.1. The number of hydrogen-bond donors (Lipinski definition) is 0. The standard InChI is InChI=1S/C23H23ClFN5O3S/c1-32-18-10-14(25)5-6-19(18)34-22-15-7-8-29(12-16(15)26-13-27-22)17-11-28-30(23(31)21(17)24)20-4-2-3-9-33-20/h5-6,10-11,13,20H,2-4,7-9,12H2,1H3. The monoisotopic (exact) mass is 503 g/mol. The Kier molecular flexibility index (Phi) is 6.71. The first-order chi connectivity index (χ1) is 16.5. The molecule has 0 amide bonds. The molecule has 2 aromatic heterocycles. The quantitative estimate of drug-likeness (QED) is 0.478. The molecule has 3 aromatic rings. The number of hydrogen-bond acceptors (Lipinski definition) is 8. The first-order valence-electron chi connectivity index (χ1n) is 11.0. The molecule has 0 saturated carbocycles. The van der Waals surface area contributed by atoms with E-state index in [9.17, 15) is 9.18 Å². The smallest absolute Gasteiger partial charge is 0.290 e. The van der Waals surface area contributed by atoms with Gasteiger partial charge in [-0.1, -0.05) is 23.4 Å². The van der Waals surface area contributed by atoms with E-state index in [1.807, 2.05) is 4.90 Å². The lowest BCUT2D eigenvalue weighted by atomic mass is 10.1. The van der Waals surface area contributed by atoms with Crippen LogP contribution in [0.1, 0.15) is 36.7 Å². The van der Waals surface area contributed by atoms with E-state index >= 15 is 0 Å². The summed E-state index contributed by atoms with van der Waals surface area (Å²) in [6, 6.07) is 4.43. The van der Waals surface area contributed by atoms with Crippen LogP contribution in [0.4, 0.5) is 10.1 Å². The lowest BCUT2D eigenvalue weighted by molar-refractivity contribution is -0.0424. The van der Waals surface area contributed by atoms with Crippen molar-refractivity contribution >= 4 is 29.1 Å². The van der Waals surface area contributed by atoms with Crippen LogP contribution in [0, 0.1) is 5.82 Å². The van der Waals surface area contributed by atoms with Crippen LogP contribution in [0.25, 0.3) is 0 Å². The minimum absolute atomic E-state index is 0.132. The summed E-state index contributed by atoms with van der Waals surface area (Å²) in [6.07, 6.45) is 6.16. The zero-order valence-electron chi connectivity index (χ0n) is 18.5. The van der Waals surface area contributed by atoms with Crippen molar-refractivity contribution in [3.63, 3.8) is 0 Å². The molecule has 1 fully saturated rings. The Labute approximate surface area is 205 Å². The molecule has 1 atom stereocenters. The molecule has 1 unspecified atom stereocenters. The van der Waals surface area contributed by atoms with E-state index < -0.39 is 0 Å². The molecule has 0 bridgehead atoms. The fourth-order valence-electron chi connectivity index (χ4n) is 4.23. The number of methoxy groups -OCH3 is 1. The maximum Gasteiger partial charge on any atom is 0.290 e. The highest BCUT2D eigenvalue weighted by atomic mass is 35.5. The second kappa shape index (κ2) is 9.89. The molecule has 0 aliphatic carbocycles. The summed E-state index contributed by atoms with van der Waals surface area (Å²) in [5.41, 5.74) is 2.10. The predicted molar refractivity (Wildman–Crippen MR) is 126 cm³/mol. The molecule has 11 heteroatoms. The number of rotatable bonds is 5. The predicted octanol–water partition coefficient (Wildman–Crippen LogP) is 4.25. The largest absolute Gasteiger partial charge is 0.495 e. The molecule has 8 nitrogen and oxygen atoms in total. The highest BCUT2D eigenvalue weighted by Crippen LogP contribution is 2.38. The van der Waals surface area contributed by atoms with Crippen LogP contribution in [-0.4, -0.2) is 40.0 Å². The summed E-state index contributed by atoms with van der Waals surface area (Å²) in [6.45, 7) is 1.71. The molecule has 0 radical (unpaired) electrons. The van der Waals surface area contributed by atoms with E-state index in [0.29, 0.717) is 37.6 Å². The summed E-state index contributed by atoms with van der Waals surface area (Å²) in [7, 11) is 1.51. The maximum absolute atomic E-state index is 13.6. The fourth-order valence-corrected chi connectivity index (χ4v) is 5.51. The third-order valence-corrected chi connectivity index (χ3v) is 7.45. The van der Waals surface area contributed by atoms with Crippen molar-refractivity contribution in [2.45, 2.75) is 48.4 Å². The van der Waals surface area contributed by atoms with Crippen molar-refractivity contribution in [2.24, 2.45) is 0 Å². The molecule has 178 valence electrons. The van der Waals surface area contributed by atoms with E-state index in [1.165, 1.54) is 42.0 Å². The third-order valence-electron chi connectivity index (χ3n) is 5.99. The first-order valence-corrected chi connectivity index (χ1v) is 12.2. The zero-order chi connectivity index (χ0) is 23.7. The summed E-state index contributed by atoms with van der Waals surface area (Å²) in [4.78, 5) is 24.6. The number of nitrogens with zero attached hydrogens (tertiary/aromatic N) is 5. The van der Waals surface area contributed by atoms with Gasteiger partial charge >= 0.3 is 0 Å². The van der Waals surface area contributed by atoms with Gasteiger partial charge in [-0.3, -0.25) is 4.79 Å². The van der Waals surface area contributed by atoms with Crippen molar-refractivity contribution in [1.82, 2.24) is 19.7 Å². The lowest BCUT2D eigenvalue weighted by Crippen LogP contribution is -2.36. The normalized spacial score (nSPS) is 18.0. The summed E-state index contributed by atoms with van der Waals surface area (Å²) in [5.74, 6) is 0.0965. The lowest BCUT2D eigenvalue weighted by Gasteiger charge is -2.31. The van der Waals surface area contributed by atoms with E-state index in [2.05, 4.69) is 15.1 Å². The SMILES string of the molecule is COc1cc(F)ccc1Sc1ncnc2c1CCN(c1cnn(C3CCCCO3)c(=O)c1Cl)C2. The Morgan fingerprint density at radius 1 is 1.29 bits per heavy atom. The molecule has 34 heavy (non-hydrogen) atoms. The van der Waals surface area contributed by atoms with Gasteiger partial charge in [-0.05, 0) is 37.8 Å². The molecule has 1 saturated heterocycles. The molecule has 0 N–H and O–H groups in total. The molecular formula is C23H23ClFN5O3S. The molecule has 5 rings (SSSR count). The molecule has 2 aliphatic rings. The number of fused-ring (bicyclic) bond motifs is 1. The number of aromatic nitrogens is 4. The van der Waals surface area contributed by atoms with Crippen LogP contribution in [0.2, 0.25) is 5.02 Å². The van der Waals surface area contributed by atoms with Gasteiger partial charge in [-0.2, -0.15) is 9.78 Å². The van der Waals surface area contributed by atoms with Crippen molar-refractivity contribution < 1.29 is 13.9 Å². The van der Waals surface area contributed by atoms with Crippen LogP contribution in [0.5, 0.6) is 5.75 Å². The van der Waals surface area contributed by atoms with Gasteiger partial charge in [0, 0.05) is 24.8 Å². The molecule has 0 spiro atoms. The van der Waals surface area contributed by atoms with Gasteiger partial charge in [-0.25, -0.2) is 14.4 Å². The van der Waals surface area contributed by atoms with Crippen LogP contribution in [0.3, 0.4) is 0 Å². The molecule has 1 aromatic carbocycles. The van der Waals surface area contributed by atoms with E-state index in [0.717, 1.165) is 40.4 Å². The van der Waals surface area contributed by atoms with Gasteiger partial charge in [0.2, 0.25) is 0 Å². The molecule has 2 aliphatic heterocycles. The van der Waals surface area contributed by atoms with Crippen LogP contribution in [-0.2, 0) is 17.7 Å². The Bertz CT molecular complexity index is 1270. The second-order valence-electron chi connectivity index (χ2n) is 8.09. The van der Waals surface area contributed by atoms with Gasteiger partial charge in [0.15, 0.2) is 6.23 Å². The second-order valence-corrected chi connectivity index (χ2v) is 9.50. The van der Waals surface area contributed by atoms with Gasteiger partial charge in [0.1, 0.15) is 27.9 Å². The molecule has 4 heterocycles. The van der Waals surface area contributed by atoms with Gasteiger partial charge < -0.3 is 14.4 Å². The topological polar surface area (TPSA) is 82.4 Å². The van der Waals surface area contributed by atoms with Crippen LogP contribution >= 0.6 is 23.4 Å². The third kappa shape index (κ3) is 4.49. The van der Waals surface area contributed by atoms with Crippen molar-refractivity contribution in [3.05, 3.63) is 63.2 Å². The highest BCUT2D eigenvalue weighted by molar-refractivity contribution is 7.99. The van der Waals surface area contributed by atoms with E-state index in [-0.39, 0.29) is 22.6 Å². The first kappa shape index (κ1) is 23.1. The van der Waals surface area contributed by atoms with E-state index in [1.54, 1.807) is 12.3 Å². The Morgan fingerprint density at radius 3 is 2.97 bits per heavy atom. The highest BCUT2D eigenvalue weighted by Gasteiger charge is 2.26. The summed E-state index contributed by atoms with van der Waals surface area (Å²) >= 11 is 7.93. The average Bonchev–Trinajstić information content (AvgIpc) is 2.87. The Hall–Kier alpha value is -2.69. The fraction of sp³-hybridized carbons (Fsp3) is 0.391. The summed E-state index contributed by atoms with van der Waals surface area (Å²) < 4.78 is 25.9. The minimum atomic E-state index is -0.370. The number of benzene rings is 1. The molecular weight excluding hydrogens is 481 g/mol. The maximum atomic E-state index is 13.6. The van der Waals surface area contributed by atoms with Crippen molar-refractivity contribution in [2.75, 3.05) is 25.2 Å². The van der Waals surface area contributed by atoms with E-state index in [4.69, 9.17) is 21.1 Å². The Balaban J connectivity index is 1.39. The Morgan fingerprint density at radius 2 is 2.18 bits per heavy atom. The van der Waals surface area contributed by atoms with Gasteiger partial charge in [-0.15, -0.1) is 0 Å². The van der Waals surface area contributed by atoms with Crippen LogP contribution in [0.15, 0.2) is 45.4 Å². The minimum Gasteiger partial charge on any atom is -0.495 e. The van der Waals surface area contributed by atoms with Crippen molar-refractivity contribution in [1.29, 1.82) is 0 Å². The van der Waals surface area contributed by atoms with Gasteiger partial charge in [0.25, 0.3) is 5.56 Å². The number of ether oxygens (including phenoxy) is 2. The average molecular weight is 504 g/mol. The number of anilines is 1. The summed E-state index contributed by atoms with van der Waals surface area (Å²) in [5, 5.41) is 5.29. The van der Waals surface area contributed by atoms with Crippen LogP contribution < -0.4 is 15.2 Å². The van der Waals surface area contributed by atoms with Gasteiger partial charge in [0.05, 0.1) is 36.1 Å². The number of halogens is 2.